The van der Waals surface area contributed by atoms with Gasteiger partial charge in [0.25, 0.3) is 5.91 Å². The molecule has 1 heterocycles. The topological polar surface area (TPSA) is 84.9 Å². The van der Waals surface area contributed by atoms with Crippen LogP contribution in [0, 0.1) is 11.8 Å². The van der Waals surface area contributed by atoms with E-state index in [1.807, 2.05) is 13.0 Å². The molecule has 0 aromatic heterocycles. The molecule has 1 aliphatic heterocycles. The first-order chi connectivity index (χ1) is 14.9. The highest BCUT2D eigenvalue weighted by Crippen LogP contribution is 2.40. The number of hydrogen-bond donors (Lipinski definition) is 1. The van der Waals surface area contributed by atoms with Gasteiger partial charge in [0.1, 0.15) is 11.5 Å². The fourth-order valence-corrected chi connectivity index (χ4v) is 4.23. The number of para-hydroxylation sites is 1. The van der Waals surface area contributed by atoms with Gasteiger partial charge in [-0.15, -0.1) is 0 Å². The Kier molecular flexibility index (Phi) is 5.50. The van der Waals surface area contributed by atoms with Crippen molar-refractivity contribution in [2.24, 2.45) is 11.8 Å². The molecule has 1 aliphatic carbocycles. The zero-order valence-corrected chi connectivity index (χ0v) is 17.7. The first-order valence-corrected chi connectivity index (χ1v) is 10.1. The number of nitrogens with zero attached hydrogens (tertiary/aromatic N) is 1. The normalized spacial score (nSPS) is 20.2. The van der Waals surface area contributed by atoms with Crippen molar-refractivity contribution in [1.82, 2.24) is 0 Å². The van der Waals surface area contributed by atoms with Crippen LogP contribution >= 0.6 is 0 Å². The lowest BCUT2D eigenvalue weighted by molar-refractivity contribution is -0.122. The molecule has 0 saturated carbocycles. The van der Waals surface area contributed by atoms with Crippen LogP contribution in [0.25, 0.3) is 0 Å². The molecule has 0 unspecified atom stereocenters. The number of carbonyl (C=O) groups excluding carboxylic acids is 3. The number of anilines is 2. The zero-order chi connectivity index (χ0) is 22.1. The van der Waals surface area contributed by atoms with Crippen LogP contribution < -0.4 is 19.7 Å². The molecule has 7 heteroatoms. The van der Waals surface area contributed by atoms with E-state index in [4.69, 9.17) is 9.47 Å². The Morgan fingerprint density at radius 1 is 1.03 bits per heavy atom. The van der Waals surface area contributed by atoms with Crippen molar-refractivity contribution in [2.75, 3.05) is 24.4 Å². The number of hydrogen-bond acceptors (Lipinski definition) is 5. The van der Waals surface area contributed by atoms with Gasteiger partial charge in [0, 0.05) is 6.07 Å². The first-order valence-electron chi connectivity index (χ1n) is 10.1. The van der Waals surface area contributed by atoms with Crippen molar-refractivity contribution in [2.45, 2.75) is 19.8 Å². The van der Waals surface area contributed by atoms with E-state index in [9.17, 15) is 14.4 Å². The Bertz CT molecular complexity index is 1090. The quantitative estimate of drug-likeness (QED) is 0.587. The fraction of sp³-hybridized carbons (Fsp3) is 0.292. The third-order valence-electron chi connectivity index (χ3n) is 5.87. The molecule has 0 spiro atoms. The van der Waals surface area contributed by atoms with Gasteiger partial charge in [-0.3, -0.25) is 14.4 Å². The number of fused-ring (bicyclic) bond motifs is 1. The van der Waals surface area contributed by atoms with Crippen molar-refractivity contribution in [3.8, 4) is 11.5 Å². The highest BCUT2D eigenvalue weighted by molar-refractivity contribution is 6.25. The molecule has 3 amide bonds. The highest BCUT2D eigenvalue weighted by Gasteiger charge is 2.49. The molecule has 1 N–H and O–H groups in total. The number of amides is 3. The molecule has 160 valence electrons. The summed E-state index contributed by atoms with van der Waals surface area (Å²) in [5.41, 5.74) is 2.11. The average molecular weight is 420 g/mol. The van der Waals surface area contributed by atoms with E-state index in [0.717, 1.165) is 5.57 Å². The first kappa shape index (κ1) is 20.7. The van der Waals surface area contributed by atoms with Crippen LogP contribution in [-0.4, -0.2) is 31.9 Å². The van der Waals surface area contributed by atoms with Crippen LogP contribution in [0.3, 0.4) is 0 Å². The van der Waals surface area contributed by atoms with Gasteiger partial charge in [0.05, 0.1) is 43.0 Å². The van der Waals surface area contributed by atoms with Crippen molar-refractivity contribution < 1.29 is 23.9 Å². The standard InChI is InChI=1S/C24H24N2O5/c1-14-8-10-16-18(12-14)24(29)26(23(16)28)20-7-5-4-6-17(20)22(27)25-19-11-9-15(30-2)13-21(19)31-3/h4-9,11,13,16,18H,10,12H2,1-3H3,(H,25,27)/t16-,18+/m0/s1. The van der Waals surface area contributed by atoms with Gasteiger partial charge >= 0.3 is 0 Å². The smallest absolute Gasteiger partial charge is 0.257 e. The number of allylic oxidation sites excluding steroid dienone is 2. The number of methoxy groups -OCH3 is 2. The van der Waals surface area contributed by atoms with Gasteiger partial charge in [0.2, 0.25) is 11.8 Å². The molecule has 2 aromatic rings. The van der Waals surface area contributed by atoms with E-state index in [1.54, 1.807) is 49.6 Å². The van der Waals surface area contributed by atoms with Gasteiger partial charge in [-0.2, -0.15) is 0 Å². The zero-order valence-electron chi connectivity index (χ0n) is 17.7. The molecular formula is C24H24N2O5. The van der Waals surface area contributed by atoms with Crippen LogP contribution in [0.5, 0.6) is 11.5 Å². The number of rotatable bonds is 5. The molecular weight excluding hydrogens is 396 g/mol. The van der Waals surface area contributed by atoms with Gasteiger partial charge < -0.3 is 14.8 Å². The Morgan fingerprint density at radius 3 is 2.52 bits per heavy atom. The molecule has 31 heavy (non-hydrogen) atoms. The minimum absolute atomic E-state index is 0.241. The molecule has 4 rings (SSSR count). The van der Waals surface area contributed by atoms with E-state index < -0.39 is 5.91 Å². The molecule has 2 atom stereocenters. The van der Waals surface area contributed by atoms with Gasteiger partial charge in [0.15, 0.2) is 0 Å². The summed E-state index contributed by atoms with van der Waals surface area (Å²) in [4.78, 5) is 40.5. The van der Waals surface area contributed by atoms with E-state index in [2.05, 4.69) is 5.32 Å². The Hall–Kier alpha value is -3.61. The minimum atomic E-state index is -0.441. The van der Waals surface area contributed by atoms with Crippen LogP contribution in [0.1, 0.15) is 30.1 Å². The van der Waals surface area contributed by atoms with E-state index >= 15 is 0 Å². The molecule has 1 fully saturated rings. The summed E-state index contributed by atoms with van der Waals surface area (Å²) in [5, 5.41) is 2.81. The summed E-state index contributed by atoms with van der Waals surface area (Å²) in [5.74, 6) is -0.639. The van der Waals surface area contributed by atoms with Crippen LogP contribution in [0.4, 0.5) is 11.4 Å². The largest absolute Gasteiger partial charge is 0.497 e. The SMILES string of the molecule is COc1ccc(NC(=O)c2ccccc2N2C(=O)[C@H]3CC=C(C)C[C@H]3C2=O)c(OC)c1. The van der Waals surface area contributed by atoms with Crippen molar-refractivity contribution in [3.05, 3.63) is 59.7 Å². The number of imide groups is 1. The maximum Gasteiger partial charge on any atom is 0.257 e. The predicted molar refractivity (Wildman–Crippen MR) is 116 cm³/mol. The molecule has 0 bridgehead atoms. The summed E-state index contributed by atoms with van der Waals surface area (Å²) in [6.07, 6.45) is 3.14. The summed E-state index contributed by atoms with van der Waals surface area (Å²) in [6.45, 7) is 1.97. The number of benzene rings is 2. The number of carbonyl (C=O) groups is 3. The lowest BCUT2D eigenvalue weighted by atomic mass is 9.82. The van der Waals surface area contributed by atoms with Crippen molar-refractivity contribution in [3.63, 3.8) is 0 Å². The number of nitrogens with one attached hydrogen (secondary N) is 1. The van der Waals surface area contributed by atoms with E-state index in [1.165, 1.54) is 12.0 Å². The Labute approximate surface area is 180 Å². The number of ether oxygens (including phenoxy) is 2. The maximum absolute atomic E-state index is 13.1. The van der Waals surface area contributed by atoms with Gasteiger partial charge in [-0.1, -0.05) is 23.8 Å². The van der Waals surface area contributed by atoms with Gasteiger partial charge in [-0.05, 0) is 44.0 Å². The summed E-state index contributed by atoms with van der Waals surface area (Å²) < 4.78 is 10.5. The molecule has 0 radical (unpaired) electrons. The lowest BCUT2D eigenvalue weighted by Crippen LogP contribution is -2.33. The summed E-state index contributed by atoms with van der Waals surface area (Å²) in [7, 11) is 3.04. The molecule has 2 aromatic carbocycles. The van der Waals surface area contributed by atoms with Crippen molar-refractivity contribution >= 4 is 29.1 Å². The second kappa shape index (κ2) is 8.26. The monoisotopic (exact) mass is 420 g/mol. The fourth-order valence-electron chi connectivity index (χ4n) is 4.23. The van der Waals surface area contributed by atoms with E-state index in [0.29, 0.717) is 35.7 Å². The Morgan fingerprint density at radius 2 is 1.77 bits per heavy atom. The maximum atomic E-state index is 13.1. The molecule has 2 aliphatic rings. The summed E-state index contributed by atoms with van der Waals surface area (Å²) >= 11 is 0. The second-order valence-electron chi connectivity index (χ2n) is 7.75. The highest BCUT2D eigenvalue weighted by atomic mass is 16.5. The minimum Gasteiger partial charge on any atom is -0.497 e. The Balaban J connectivity index is 1.65. The average Bonchev–Trinajstić information content (AvgIpc) is 3.03. The van der Waals surface area contributed by atoms with Gasteiger partial charge in [-0.25, -0.2) is 4.90 Å². The second-order valence-corrected chi connectivity index (χ2v) is 7.75. The third kappa shape index (κ3) is 3.67. The predicted octanol–water partition coefficient (Wildman–Crippen LogP) is 3.80. The summed E-state index contributed by atoms with van der Waals surface area (Å²) in [6, 6.07) is 11.7. The van der Waals surface area contributed by atoms with Crippen molar-refractivity contribution in [1.29, 1.82) is 0 Å². The van der Waals surface area contributed by atoms with Crippen LogP contribution in [-0.2, 0) is 9.59 Å². The third-order valence-corrected chi connectivity index (χ3v) is 5.87. The van der Waals surface area contributed by atoms with Crippen LogP contribution in [0.15, 0.2) is 54.1 Å². The molecule has 1 saturated heterocycles. The lowest BCUT2D eigenvalue weighted by Gasteiger charge is -2.19. The van der Waals surface area contributed by atoms with Crippen LogP contribution in [0.2, 0.25) is 0 Å². The van der Waals surface area contributed by atoms with E-state index in [-0.39, 0.29) is 29.2 Å². The molecule has 7 nitrogen and oxygen atoms in total.